The molecule has 6 nitrogen and oxygen atoms in total. The lowest BCUT2D eigenvalue weighted by Crippen LogP contribution is -2.35. The van der Waals surface area contributed by atoms with E-state index in [9.17, 15) is 0 Å². The molecule has 1 N–H and O–H groups in total. The first-order valence-electron chi connectivity index (χ1n) is 8.40. The van der Waals surface area contributed by atoms with E-state index in [4.69, 9.17) is 0 Å². The fourth-order valence-corrected chi connectivity index (χ4v) is 3.24. The van der Waals surface area contributed by atoms with Crippen molar-refractivity contribution in [1.82, 2.24) is 30.0 Å². The molecule has 0 amide bonds. The van der Waals surface area contributed by atoms with Gasteiger partial charge < -0.3 is 5.32 Å². The van der Waals surface area contributed by atoms with E-state index < -0.39 is 0 Å². The van der Waals surface area contributed by atoms with E-state index in [0.29, 0.717) is 6.04 Å². The van der Waals surface area contributed by atoms with Crippen molar-refractivity contribution >= 4 is 0 Å². The van der Waals surface area contributed by atoms with Crippen LogP contribution in [0.15, 0.2) is 24.9 Å². The Hall–Kier alpha value is -1.79. The van der Waals surface area contributed by atoms with E-state index in [1.54, 1.807) is 6.33 Å². The maximum atomic E-state index is 4.39. The van der Waals surface area contributed by atoms with Gasteiger partial charge in [0.2, 0.25) is 0 Å². The van der Waals surface area contributed by atoms with Crippen molar-refractivity contribution in [2.24, 2.45) is 7.05 Å². The van der Waals surface area contributed by atoms with Crippen molar-refractivity contribution in [3.63, 3.8) is 0 Å². The SMILES string of the molecule is Cc1c(CN(Cc2cncnc2)[C@@H]2CCCNCC2)cnn1C. The van der Waals surface area contributed by atoms with Crippen LogP contribution in [0.3, 0.4) is 0 Å². The fourth-order valence-electron chi connectivity index (χ4n) is 3.24. The molecule has 6 heteroatoms. The van der Waals surface area contributed by atoms with Gasteiger partial charge in [0.15, 0.2) is 0 Å². The van der Waals surface area contributed by atoms with Crippen LogP contribution < -0.4 is 5.32 Å². The van der Waals surface area contributed by atoms with Crippen molar-refractivity contribution in [3.05, 3.63) is 41.7 Å². The molecule has 2 aromatic rings. The van der Waals surface area contributed by atoms with Crippen LogP contribution in [0.1, 0.15) is 36.1 Å². The second-order valence-corrected chi connectivity index (χ2v) is 6.37. The van der Waals surface area contributed by atoms with Crippen LogP contribution in [0.25, 0.3) is 0 Å². The number of nitrogens with zero attached hydrogens (tertiary/aromatic N) is 5. The molecule has 0 saturated carbocycles. The first-order chi connectivity index (χ1) is 11.2. The monoisotopic (exact) mass is 314 g/mol. The van der Waals surface area contributed by atoms with Crippen LogP contribution in [-0.2, 0) is 20.1 Å². The number of rotatable bonds is 5. The summed E-state index contributed by atoms with van der Waals surface area (Å²) >= 11 is 0. The minimum atomic E-state index is 0.588. The van der Waals surface area contributed by atoms with E-state index in [1.807, 2.05) is 30.3 Å². The molecule has 3 heterocycles. The van der Waals surface area contributed by atoms with E-state index in [2.05, 4.69) is 32.2 Å². The summed E-state index contributed by atoms with van der Waals surface area (Å²) in [6, 6.07) is 0.588. The van der Waals surface area contributed by atoms with Crippen LogP contribution in [0.2, 0.25) is 0 Å². The Kier molecular flexibility index (Phi) is 5.35. The zero-order chi connectivity index (χ0) is 16.1. The lowest BCUT2D eigenvalue weighted by atomic mass is 10.1. The maximum absolute atomic E-state index is 4.39. The predicted octanol–water partition coefficient (Wildman–Crippen LogP) is 1.66. The molecule has 23 heavy (non-hydrogen) atoms. The molecule has 0 bridgehead atoms. The molecule has 1 fully saturated rings. The van der Waals surface area contributed by atoms with Gasteiger partial charge in [-0.15, -0.1) is 0 Å². The molecule has 1 aliphatic rings. The highest BCUT2D eigenvalue weighted by atomic mass is 15.3. The van der Waals surface area contributed by atoms with Gasteiger partial charge in [-0.2, -0.15) is 5.10 Å². The first kappa shape index (κ1) is 16.1. The second kappa shape index (κ2) is 7.66. The summed E-state index contributed by atoms with van der Waals surface area (Å²) in [7, 11) is 2.00. The second-order valence-electron chi connectivity index (χ2n) is 6.37. The van der Waals surface area contributed by atoms with Crippen LogP contribution in [0, 0.1) is 6.92 Å². The third-order valence-corrected chi connectivity index (χ3v) is 4.77. The van der Waals surface area contributed by atoms with Crippen LogP contribution >= 0.6 is 0 Å². The summed E-state index contributed by atoms with van der Waals surface area (Å²) in [4.78, 5) is 10.9. The third-order valence-electron chi connectivity index (χ3n) is 4.77. The molecular weight excluding hydrogens is 288 g/mol. The van der Waals surface area contributed by atoms with Gasteiger partial charge in [0, 0.05) is 55.4 Å². The van der Waals surface area contributed by atoms with Crippen molar-refractivity contribution < 1.29 is 0 Å². The van der Waals surface area contributed by atoms with Crippen LogP contribution in [0.4, 0.5) is 0 Å². The largest absolute Gasteiger partial charge is 0.317 e. The third kappa shape index (κ3) is 4.14. The fraction of sp³-hybridized carbons (Fsp3) is 0.588. The maximum Gasteiger partial charge on any atom is 0.115 e. The average Bonchev–Trinajstić information content (AvgIpc) is 2.79. The highest BCUT2D eigenvalue weighted by Gasteiger charge is 2.22. The van der Waals surface area contributed by atoms with Gasteiger partial charge in [0.25, 0.3) is 0 Å². The summed E-state index contributed by atoms with van der Waals surface area (Å²) in [6.07, 6.45) is 11.1. The number of hydrogen-bond donors (Lipinski definition) is 1. The number of nitrogens with one attached hydrogen (secondary N) is 1. The van der Waals surface area contributed by atoms with Gasteiger partial charge in [0.05, 0.1) is 6.20 Å². The molecule has 0 radical (unpaired) electrons. The Bertz CT molecular complexity index is 601. The molecule has 0 unspecified atom stereocenters. The summed E-state index contributed by atoms with van der Waals surface area (Å²) in [5.41, 5.74) is 3.72. The van der Waals surface area contributed by atoms with Gasteiger partial charge in [-0.1, -0.05) is 0 Å². The predicted molar refractivity (Wildman–Crippen MR) is 89.7 cm³/mol. The Labute approximate surface area is 137 Å². The van der Waals surface area contributed by atoms with Crippen LogP contribution in [0.5, 0.6) is 0 Å². The molecule has 1 saturated heterocycles. The standard InChI is InChI=1S/C17H26N6/c1-14-16(10-21-22(14)2)12-23(11-15-8-19-13-20-9-15)17-4-3-6-18-7-5-17/h8-10,13,17-18H,3-7,11-12H2,1-2H3/t17-/m1/s1. The Balaban J connectivity index is 1.78. The number of aryl methyl sites for hydroxylation is 1. The molecule has 0 aliphatic carbocycles. The highest BCUT2D eigenvalue weighted by molar-refractivity contribution is 5.16. The molecule has 1 aliphatic heterocycles. The van der Waals surface area contributed by atoms with Crippen molar-refractivity contribution in [1.29, 1.82) is 0 Å². The number of hydrogen-bond acceptors (Lipinski definition) is 5. The van der Waals surface area contributed by atoms with Crippen molar-refractivity contribution in [2.45, 2.75) is 45.3 Å². The van der Waals surface area contributed by atoms with Gasteiger partial charge >= 0.3 is 0 Å². The smallest absolute Gasteiger partial charge is 0.115 e. The van der Waals surface area contributed by atoms with E-state index in [-0.39, 0.29) is 0 Å². The minimum absolute atomic E-state index is 0.588. The molecule has 0 aromatic carbocycles. The van der Waals surface area contributed by atoms with Gasteiger partial charge in [0.1, 0.15) is 6.33 Å². The van der Waals surface area contributed by atoms with Crippen molar-refractivity contribution in [3.8, 4) is 0 Å². The quantitative estimate of drug-likeness (QED) is 0.909. The van der Waals surface area contributed by atoms with E-state index in [1.165, 1.54) is 36.1 Å². The zero-order valence-electron chi connectivity index (χ0n) is 14.1. The summed E-state index contributed by atoms with van der Waals surface area (Å²) in [6.45, 7) is 6.18. The molecule has 3 rings (SSSR count). The Morgan fingerprint density at radius 1 is 1.17 bits per heavy atom. The zero-order valence-corrected chi connectivity index (χ0v) is 14.1. The topological polar surface area (TPSA) is 58.9 Å². The molecule has 2 aromatic heterocycles. The average molecular weight is 314 g/mol. The molecular formula is C17H26N6. The van der Waals surface area contributed by atoms with Gasteiger partial charge in [-0.3, -0.25) is 9.58 Å². The van der Waals surface area contributed by atoms with Crippen LogP contribution in [-0.4, -0.2) is 43.8 Å². The normalized spacial score (nSPS) is 19.0. The molecule has 124 valence electrons. The lowest BCUT2D eigenvalue weighted by molar-refractivity contribution is 0.163. The minimum Gasteiger partial charge on any atom is -0.317 e. The number of aromatic nitrogens is 4. The summed E-state index contributed by atoms with van der Waals surface area (Å²) in [5.74, 6) is 0. The molecule has 0 spiro atoms. The Morgan fingerprint density at radius 3 is 2.74 bits per heavy atom. The first-order valence-corrected chi connectivity index (χ1v) is 8.40. The summed E-state index contributed by atoms with van der Waals surface area (Å²) in [5, 5.41) is 7.90. The van der Waals surface area contributed by atoms with Gasteiger partial charge in [-0.05, 0) is 39.3 Å². The lowest BCUT2D eigenvalue weighted by Gasteiger charge is -2.31. The van der Waals surface area contributed by atoms with E-state index in [0.717, 1.165) is 26.2 Å². The molecule has 1 atom stereocenters. The van der Waals surface area contributed by atoms with Gasteiger partial charge in [-0.25, -0.2) is 9.97 Å². The highest BCUT2D eigenvalue weighted by Crippen LogP contribution is 2.20. The Morgan fingerprint density at radius 2 is 2.00 bits per heavy atom. The summed E-state index contributed by atoms with van der Waals surface area (Å²) < 4.78 is 1.95. The van der Waals surface area contributed by atoms with E-state index >= 15 is 0 Å². The van der Waals surface area contributed by atoms with Crippen molar-refractivity contribution in [2.75, 3.05) is 13.1 Å².